The molecule has 0 N–H and O–H groups in total. The summed E-state index contributed by atoms with van der Waals surface area (Å²) in [6.07, 6.45) is 1.92. The van der Waals surface area contributed by atoms with Crippen LogP contribution in [-0.2, 0) is 11.3 Å². The number of morpholine rings is 1. The summed E-state index contributed by atoms with van der Waals surface area (Å²) < 4.78 is 9.85. The first-order valence-electron chi connectivity index (χ1n) is 4.93. The van der Waals surface area contributed by atoms with Gasteiger partial charge in [0.25, 0.3) is 0 Å². The van der Waals surface area contributed by atoms with E-state index in [0.717, 1.165) is 43.1 Å². The van der Waals surface area contributed by atoms with Crippen molar-refractivity contribution >= 4 is 57.6 Å². The third-order valence-corrected chi connectivity index (χ3v) is 5.45. The molecule has 0 bridgehead atoms. The molecule has 1 aromatic heterocycles. The van der Waals surface area contributed by atoms with E-state index >= 15 is 0 Å². The minimum Gasteiger partial charge on any atom is -0.379 e. The summed E-state index contributed by atoms with van der Waals surface area (Å²) in [5, 5.41) is 0. The smallest absolute Gasteiger partial charge is 0.132 e. The Kier molecular flexibility index (Phi) is 6.86. The van der Waals surface area contributed by atoms with Crippen LogP contribution in [0, 0.1) is 7.40 Å². The van der Waals surface area contributed by atoms with Crippen LogP contribution in [0.25, 0.3) is 0 Å². The Morgan fingerprint density at radius 1 is 1.25 bits per heavy atom. The molecular weight excluding hydrogens is 455 g/mol. The monoisotopic (exact) mass is 469 g/mol. The van der Waals surface area contributed by atoms with E-state index in [4.69, 9.17) is 4.74 Å². The van der Waals surface area contributed by atoms with Crippen molar-refractivity contribution in [3.63, 3.8) is 0 Å². The molecule has 1 saturated heterocycles. The largest absolute Gasteiger partial charge is 0.379 e. The molecule has 1 aromatic rings. The average molecular weight is 469 g/mol. The Morgan fingerprint density at radius 3 is 2.50 bits per heavy atom. The number of imidazole rings is 1. The number of nitrogens with zero attached hydrogens (tertiary/aromatic N) is 3. The molecule has 0 atom stereocenters. The predicted octanol–water partition coefficient (Wildman–Crippen LogP) is 1.85. The van der Waals surface area contributed by atoms with Crippen molar-refractivity contribution in [3.8, 4) is 0 Å². The summed E-state index contributed by atoms with van der Waals surface area (Å²) in [5.74, 6) is 0. The maximum Gasteiger partial charge on any atom is 0.132 e. The molecule has 1 aliphatic heterocycles. The second-order valence-electron chi connectivity index (χ2n) is 3.47. The van der Waals surface area contributed by atoms with Gasteiger partial charge >= 0.3 is 0 Å². The minimum absolute atomic E-state index is 0. The highest BCUT2D eigenvalue weighted by molar-refractivity contribution is 14.1. The lowest BCUT2D eigenvalue weighted by atomic mass is 10.4. The molecular formula is C9H14ClI2N3O. The van der Waals surface area contributed by atoms with Crippen molar-refractivity contribution in [1.29, 1.82) is 0 Å². The molecule has 1 fully saturated rings. The van der Waals surface area contributed by atoms with Gasteiger partial charge in [0.2, 0.25) is 0 Å². The molecule has 92 valence electrons. The fraction of sp³-hybridized carbons (Fsp3) is 0.667. The van der Waals surface area contributed by atoms with Gasteiger partial charge in [0.15, 0.2) is 0 Å². The van der Waals surface area contributed by atoms with Crippen molar-refractivity contribution in [2.24, 2.45) is 0 Å². The number of hydrogen-bond donors (Lipinski definition) is 0. The van der Waals surface area contributed by atoms with Crippen LogP contribution in [0.5, 0.6) is 0 Å². The quantitative estimate of drug-likeness (QED) is 0.634. The topological polar surface area (TPSA) is 30.3 Å². The number of rotatable bonds is 3. The van der Waals surface area contributed by atoms with Crippen LogP contribution in [0.1, 0.15) is 0 Å². The highest BCUT2D eigenvalue weighted by Crippen LogP contribution is 2.12. The Bertz CT molecular complexity index is 329. The van der Waals surface area contributed by atoms with Gasteiger partial charge < -0.3 is 9.30 Å². The van der Waals surface area contributed by atoms with Crippen molar-refractivity contribution in [2.45, 2.75) is 6.54 Å². The van der Waals surface area contributed by atoms with Crippen LogP contribution >= 0.6 is 57.6 Å². The summed E-state index contributed by atoms with van der Waals surface area (Å²) in [4.78, 5) is 6.72. The number of hydrogen-bond acceptors (Lipinski definition) is 3. The molecule has 2 heterocycles. The van der Waals surface area contributed by atoms with E-state index in [0.29, 0.717) is 0 Å². The second-order valence-corrected chi connectivity index (χ2v) is 5.52. The molecule has 4 nitrogen and oxygen atoms in total. The molecule has 0 saturated carbocycles. The predicted molar refractivity (Wildman–Crippen MR) is 82.2 cm³/mol. The van der Waals surface area contributed by atoms with Gasteiger partial charge in [-0.3, -0.25) is 4.90 Å². The zero-order valence-corrected chi connectivity index (χ0v) is 13.9. The number of ether oxygens (including phenoxy) is 1. The van der Waals surface area contributed by atoms with Crippen LogP contribution in [0.3, 0.4) is 0 Å². The molecule has 2 rings (SSSR count). The van der Waals surface area contributed by atoms with Gasteiger partial charge in [-0.1, -0.05) is 0 Å². The lowest BCUT2D eigenvalue weighted by Crippen LogP contribution is -2.38. The lowest BCUT2D eigenvalue weighted by molar-refractivity contribution is 0.0363. The first kappa shape index (κ1) is 14.9. The zero-order valence-electron chi connectivity index (χ0n) is 8.73. The Balaban J connectivity index is 0.00000128. The second kappa shape index (κ2) is 7.34. The highest BCUT2D eigenvalue weighted by atomic mass is 127. The van der Waals surface area contributed by atoms with E-state index in [2.05, 4.69) is 59.6 Å². The van der Waals surface area contributed by atoms with Crippen molar-refractivity contribution in [1.82, 2.24) is 14.5 Å². The molecule has 0 amide bonds. The molecule has 0 aromatic carbocycles. The third kappa shape index (κ3) is 3.97. The Hall–Kier alpha value is 0.880. The summed E-state index contributed by atoms with van der Waals surface area (Å²) in [6.45, 7) is 5.97. The summed E-state index contributed by atoms with van der Waals surface area (Å²) in [5.41, 5.74) is 0. The minimum atomic E-state index is 0. The molecule has 1 aliphatic rings. The molecule has 7 heteroatoms. The van der Waals surface area contributed by atoms with E-state index in [1.54, 1.807) is 0 Å². The maximum atomic E-state index is 5.32. The van der Waals surface area contributed by atoms with Gasteiger partial charge in [-0.25, -0.2) is 4.98 Å². The van der Waals surface area contributed by atoms with E-state index in [-0.39, 0.29) is 12.4 Å². The lowest BCUT2D eigenvalue weighted by Gasteiger charge is -2.26. The average Bonchev–Trinajstić information content (AvgIpc) is 2.59. The van der Waals surface area contributed by atoms with Crippen molar-refractivity contribution < 1.29 is 4.74 Å². The first-order chi connectivity index (χ1) is 7.27. The number of aromatic nitrogens is 2. The standard InChI is InChI=1S/C9H13I2N3O.ClH/c10-8-9(11)14(7-12-8)2-1-13-3-5-15-6-4-13;/h7H,1-6H2;1H. The number of halogens is 3. The molecule has 0 radical (unpaired) electrons. The zero-order chi connectivity index (χ0) is 10.7. The normalized spacial score (nSPS) is 17.1. The van der Waals surface area contributed by atoms with Crippen LogP contribution in [-0.4, -0.2) is 47.3 Å². The van der Waals surface area contributed by atoms with Crippen LogP contribution in [0.15, 0.2) is 6.33 Å². The summed E-state index contributed by atoms with van der Waals surface area (Å²) in [7, 11) is 0. The maximum absolute atomic E-state index is 5.32. The molecule has 0 unspecified atom stereocenters. The Morgan fingerprint density at radius 2 is 1.94 bits per heavy atom. The molecule has 0 spiro atoms. The van der Waals surface area contributed by atoms with Crippen LogP contribution in [0.2, 0.25) is 0 Å². The van der Waals surface area contributed by atoms with Crippen molar-refractivity contribution in [3.05, 3.63) is 13.7 Å². The summed E-state index contributed by atoms with van der Waals surface area (Å²) >= 11 is 4.61. The van der Waals surface area contributed by atoms with E-state index < -0.39 is 0 Å². The van der Waals surface area contributed by atoms with Gasteiger partial charge in [0.1, 0.15) is 7.40 Å². The van der Waals surface area contributed by atoms with E-state index in [9.17, 15) is 0 Å². The van der Waals surface area contributed by atoms with Gasteiger partial charge in [0.05, 0.1) is 19.5 Å². The summed E-state index contributed by atoms with van der Waals surface area (Å²) in [6, 6.07) is 0. The fourth-order valence-electron chi connectivity index (χ4n) is 1.57. The van der Waals surface area contributed by atoms with Crippen LogP contribution in [0.4, 0.5) is 0 Å². The highest BCUT2D eigenvalue weighted by Gasteiger charge is 2.11. The van der Waals surface area contributed by atoms with Crippen molar-refractivity contribution in [2.75, 3.05) is 32.8 Å². The van der Waals surface area contributed by atoms with Gasteiger partial charge in [-0.2, -0.15) is 0 Å². The van der Waals surface area contributed by atoms with Gasteiger partial charge in [0, 0.05) is 26.2 Å². The fourth-order valence-corrected chi connectivity index (χ4v) is 2.51. The van der Waals surface area contributed by atoms with Crippen LogP contribution < -0.4 is 0 Å². The van der Waals surface area contributed by atoms with E-state index in [1.807, 2.05) is 6.33 Å². The third-order valence-electron chi connectivity index (χ3n) is 2.49. The molecule has 0 aliphatic carbocycles. The Labute approximate surface area is 129 Å². The van der Waals surface area contributed by atoms with E-state index in [1.165, 1.54) is 3.70 Å². The first-order valence-corrected chi connectivity index (χ1v) is 7.09. The van der Waals surface area contributed by atoms with Gasteiger partial charge in [-0.05, 0) is 45.2 Å². The van der Waals surface area contributed by atoms with Gasteiger partial charge in [-0.15, -0.1) is 12.4 Å². The SMILES string of the molecule is Cl.Ic1ncn(CCN2CCOCC2)c1I. The molecule has 16 heavy (non-hydrogen) atoms.